The smallest absolute Gasteiger partial charge is 0.254 e. The first-order valence-electron chi connectivity index (χ1n) is 7.02. The van der Waals surface area contributed by atoms with Gasteiger partial charge in [-0.3, -0.25) is 4.79 Å². The highest BCUT2D eigenvalue weighted by molar-refractivity contribution is 5.93. The van der Waals surface area contributed by atoms with Crippen LogP contribution in [0.1, 0.15) is 16.2 Å². The van der Waals surface area contributed by atoms with Gasteiger partial charge in [0.25, 0.3) is 5.91 Å². The molecule has 0 aliphatic rings. The second kappa shape index (κ2) is 6.39. The van der Waals surface area contributed by atoms with Gasteiger partial charge in [0, 0.05) is 18.2 Å². The third-order valence-corrected chi connectivity index (χ3v) is 3.31. The van der Waals surface area contributed by atoms with Crippen LogP contribution in [0.25, 0.3) is 11.4 Å². The first-order chi connectivity index (χ1) is 11.1. The number of carbonyl (C=O) groups excluding carboxylic acids is 1. The molecule has 1 heterocycles. The van der Waals surface area contributed by atoms with Crippen LogP contribution in [0.2, 0.25) is 0 Å². The maximum absolute atomic E-state index is 12.9. The van der Waals surface area contributed by atoms with E-state index in [1.165, 1.54) is 29.2 Å². The molecular formula is C17H14FN3O2. The molecule has 0 radical (unpaired) electrons. The van der Waals surface area contributed by atoms with Gasteiger partial charge in [-0.15, -0.1) is 0 Å². The fourth-order valence-electron chi connectivity index (χ4n) is 2.11. The number of amides is 1. The molecule has 0 N–H and O–H groups in total. The van der Waals surface area contributed by atoms with Crippen LogP contribution < -0.4 is 0 Å². The molecule has 0 spiro atoms. The van der Waals surface area contributed by atoms with Gasteiger partial charge in [0.1, 0.15) is 5.82 Å². The molecule has 0 saturated heterocycles. The van der Waals surface area contributed by atoms with E-state index in [4.69, 9.17) is 4.52 Å². The Morgan fingerprint density at radius 1 is 1.13 bits per heavy atom. The zero-order chi connectivity index (χ0) is 16.2. The van der Waals surface area contributed by atoms with Crippen molar-refractivity contribution in [1.82, 2.24) is 15.0 Å². The third-order valence-electron chi connectivity index (χ3n) is 3.31. The molecule has 116 valence electrons. The summed E-state index contributed by atoms with van der Waals surface area (Å²) in [7, 11) is 1.62. The highest BCUT2D eigenvalue weighted by atomic mass is 19.1. The van der Waals surface area contributed by atoms with Crippen LogP contribution in [-0.4, -0.2) is 28.0 Å². The average Bonchev–Trinajstić information content (AvgIpc) is 3.04. The van der Waals surface area contributed by atoms with E-state index < -0.39 is 0 Å². The highest BCUT2D eigenvalue weighted by Crippen LogP contribution is 2.16. The van der Waals surface area contributed by atoms with Crippen LogP contribution >= 0.6 is 0 Å². The molecule has 1 amide bonds. The summed E-state index contributed by atoms with van der Waals surface area (Å²) in [5, 5.41) is 3.91. The van der Waals surface area contributed by atoms with E-state index >= 15 is 0 Å². The Labute approximate surface area is 132 Å². The van der Waals surface area contributed by atoms with Gasteiger partial charge in [-0.2, -0.15) is 4.98 Å². The van der Waals surface area contributed by atoms with Crippen molar-refractivity contribution in [2.75, 3.05) is 7.05 Å². The number of benzene rings is 2. The van der Waals surface area contributed by atoms with Gasteiger partial charge in [0.05, 0.1) is 6.54 Å². The summed E-state index contributed by atoms with van der Waals surface area (Å²) in [6.07, 6.45) is 0. The van der Waals surface area contributed by atoms with E-state index in [1.54, 1.807) is 7.05 Å². The van der Waals surface area contributed by atoms with E-state index in [0.29, 0.717) is 17.3 Å². The van der Waals surface area contributed by atoms with E-state index in [9.17, 15) is 9.18 Å². The third kappa shape index (κ3) is 3.42. The normalized spacial score (nSPS) is 10.5. The van der Waals surface area contributed by atoms with Crippen LogP contribution in [0, 0.1) is 5.82 Å². The Morgan fingerprint density at radius 2 is 1.83 bits per heavy atom. The number of carbonyl (C=O) groups is 1. The minimum absolute atomic E-state index is 0.177. The molecule has 3 aromatic rings. The summed E-state index contributed by atoms with van der Waals surface area (Å²) in [6, 6.07) is 14.8. The molecule has 1 aromatic heterocycles. The van der Waals surface area contributed by atoms with Gasteiger partial charge in [-0.1, -0.05) is 35.5 Å². The quantitative estimate of drug-likeness (QED) is 0.742. The Morgan fingerprint density at radius 3 is 2.52 bits per heavy atom. The van der Waals surface area contributed by atoms with Gasteiger partial charge in [0.2, 0.25) is 11.7 Å². The van der Waals surface area contributed by atoms with Crippen molar-refractivity contribution in [1.29, 1.82) is 0 Å². The number of halogens is 1. The lowest BCUT2D eigenvalue weighted by molar-refractivity contribution is 0.0769. The molecule has 3 rings (SSSR count). The average molecular weight is 311 g/mol. The predicted molar refractivity (Wildman–Crippen MR) is 81.9 cm³/mol. The maximum Gasteiger partial charge on any atom is 0.254 e. The van der Waals surface area contributed by atoms with Gasteiger partial charge < -0.3 is 9.42 Å². The number of rotatable bonds is 4. The second-order valence-corrected chi connectivity index (χ2v) is 5.05. The standard InChI is InChI=1S/C17H14FN3O2/c1-21(17(22)13-7-9-14(18)10-8-13)11-15-19-16(20-23-15)12-5-3-2-4-6-12/h2-10H,11H2,1H3. The minimum atomic E-state index is -0.381. The summed E-state index contributed by atoms with van der Waals surface area (Å²) in [6.45, 7) is 0.177. The van der Waals surface area contributed by atoms with Crippen LogP contribution in [0.4, 0.5) is 4.39 Å². The van der Waals surface area contributed by atoms with Gasteiger partial charge >= 0.3 is 0 Å². The van der Waals surface area contributed by atoms with E-state index in [0.717, 1.165) is 5.56 Å². The van der Waals surface area contributed by atoms with Crippen molar-refractivity contribution < 1.29 is 13.7 Å². The van der Waals surface area contributed by atoms with Crippen LogP contribution in [-0.2, 0) is 6.54 Å². The van der Waals surface area contributed by atoms with E-state index in [-0.39, 0.29) is 18.3 Å². The fraction of sp³-hybridized carbons (Fsp3) is 0.118. The topological polar surface area (TPSA) is 59.2 Å². The monoisotopic (exact) mass is 311 g/mol. The van der Waals surface area contributed by atoms with Gasteiger partial charge in [-0.05, 0) is 24.3 Å². The zero-order valence-electron chi connectivity index (χ0n) is 12.4. The minimum Gasteiger partial charge on any atom is -0.337 e. The Hall–Kier alpha value is -3.02. The van der Waals surface area contributed by atoms with Crippen LogP contribution in [0.3, 0.4) is 0 Å². The molecule has 6 heteroatoms. The van der Waals surface area contributed by atoms with Crippen molar-refractivity contribution >= 4 is 5.91 Å². The fourth-order valence-corrected chi connectivity index (χ4v) is 2.11. The molecule has 5 nitrogen and oxygen atoms in total. The molecule has 23 heavy (non-hydrogen) atoms. The Balaban J connectivity index is 1.71. The van der Waals surface area contributed by atoms with Crippen molar-refractivity contribution in [3.8, 4) is 11.4 Å². The lowest BCUT2D eigenvalue weighted by Gasteiger charge is -2.14. The Bertz CT molecular complexity index is 800. The molecule has 0 aliphatic heterocycles. The number of hydrogen-bond donors (Lipinski definition) is 0. The van der Waals surface area contributed by atoms with E-state index in [2.05, 4.69) is 10.1 Å². The lowest BCUT2D eigenvalue weighted by atomic mass is 10.2. The molecule has 0 bridgehead atoms. The van der Waals surface area contributed by atoms with Crippen molar-refractivity contribution in [2.45, 2.75) is 6.54 Å². The first kappa shape index (κ1) is 14.9. The maximum atomic E-state index is 12.9. The lowest BCUT2D eigenvalue weighted by Crippen LogP contribution is -2.26. The summed E-state index contributed by atoms with van der Waals surface area (Å²) in [5.41, 5.74) is 1.24. The molecule has 0 fully saturated rings. The molecular weight excluding hydrogens is 297 g/mol. The summed E-state index contributed by atoms with van der Waals surface area (Å²) >= 11 is 0. The van der Waals surface area contributed by atoms with Crippen LogP contribution in [0.15, 0.2) is 59.1 Å². The number of nitrogens with zero attached hydrogens (tertiary/aromatic N) is 3. The van der Waals surface area contributed by atoms with Crippen molar-refractivity contribution in [3.63, 3.8) is 0 Å². The van der Waals surface area contributed by atoms with Crippen molar-refractivity contribution in [3.05, 3.63) is 71.9 Å². The SMILES string of the molecule is CN(Cc1nc(-c2ccccc2)no1)C(=O)c1ccc(F)cc1. The number of aromatic nitrogens is 2. The summed E-state index contributed by atoms with van der Waals surface area (Å²) in [4.78, 5) is 18.0. The summed E-state index contributed by atoms with van der Waals surface area (Å²) in [5.74, 6) is 0.183. The van der Waals surface area contributed by atoms with E-state index in [1.807, 2.05) is 30.3 Å². The molecule has 2 aromatic carbocycles. The highest BCUT2D eigenvalue weighted by Gasteiger charge is 2.16. The molecule has 0 unspecified atom stereocenters. The second-order valence-electron chi connectivity index (χ2n) is 5.05. The van der Waals surface area contributed by atoms with Crippen LogP contribution in [0.5, 0.6) is 0 Å². The Kier molecular flexibility index (Phi) is 4.14. The predicted octanol–water partition coefficient (Wildman–Crippen LogP) is 3.15. The molecule has 0 saturated carbocycles. The first-order valence-corrected chi connectivity index (χ1v) is 7.02. The zero-order valence-corrected chi connectivity index (χ0v) is 12.4. The van der Waals surface area contributed by atoms with Gasteiger partial charge in [-0.25, -0.2) is 4.39 Å². The van der Waals surface area contributed by atoms with Crippen molar-refractivity contribution in [2.24, 2.45) is 0 Å². The summed E-state index contributed by atoms with van der Waals surface area (Å²) < 4.78 is 18.1. The molecule has 0 aliphatic carbocycles. The largest absolute Gasteiger partial charge is 0.337 e. The van der Waals surface area contributed by atoms with Gasteiger partial charge in [0.15, 0.2) is 0 Å². The molecule has 0 atom stereocenters. The number of hydrogen-bond acceptors (Lipinski definition) is 4.